The van der Waals surface area contributed by atoms with Gasteiger partial charge in [0.1, 0.15) is 5.75 Å². The molecule has 2 aromatic carbocycles. The Morgan fingerprint density at radius 1 is 0.800 bits per heavy atom. The van der Waals surface area contributed by atoms with Crippen molar-refractivity contribution in [2.45, 2.75) is 6.92 Å². The van der Waals surface area contributed by atoms with Crippen LogP contribution in [-0.4, -0.2) is 5.11 Å². The Bertz CT molecular complexity index is 584. The molecule has 0 fully saturated rings. The second-order valence-corrected chi connectivity index (χ2v) is 4.80. The van der Waals surface area contributed by atoms with Crippen molar-refractivity contribution in [2.24, 2.45) is 0 Å². The number of aryl methyl sites for hydroxylation is 1. The first-order valence-corrected chi connectivity index (χ1v) is 6.48. The molecular weight excluding hydrogens is 244 g/mol. The van der Waals surface area contributed by atoms with Gasteiger partial charge in [0.15, 0.2) is 0 Å². The zero-order valence-electron chi connectivity index (χ0n) is 11.6. The summed E-state index contributed by atoms with van der Waals surface area (Å²) in [5.41, 5.74) is 5.16. The van der Waals surface area contributed by atoms with E-state index < -0.39 is 0 Å². The maximum Gasteiger partial charge on any atom is 0.115 e. The highest BCUT2D eigenvalue weighted by Gasteiger charge is 1.97. The van der Waals surface area contributed by atoms with E-state index in [1.165, 1.54) is 5.56 Å². The Morgan fingerprint density at radius 3 is 1.65 bits per heavy atom. The minimum atomic E-state index is 0.259. The molecule has 0 spiro atoms. The number of phenolic OH excluding ortho intramolecular Hbond substituents is 1. The Labute approximate surface area is 120 Å². The number of aromatic hydroxyl groups is 1. The first-order chi connectivity index (χ1) is 9.56. The molecule has 1 nitrogen and oxygen atoms in total. The van der Waals surface area contributed by atoms with Crippen LogP contribution >= 0.6 is 0 Å². The van der Waals surface area contributed by atoms with Gasteiger partial charge in [-0.3, -0.25) is 0 Å². The molecule has 100 valence electrons. The summed E-state index contributed by atoms with van der Waals surface area (Å²) in [5.74, 6) is 0.259. The molecule has 0 saturated carbocycles. The van der Waals surface area contributed by atoms with Crippen molar-refractivity contribution in [1.29, 1.82) is 0 Å². The molecule has 0 bridgehead atoms. The Kier molecular flexibility index (Phi) is 4.21. The van der Waals surface area contributed by atoms with E-state index in [4.69, 9.17) is 0 Å². The van der Waals surface area contributed by atoms with E-state index in [1.807, 2.05) is 24.3 Å². The number of hydrogen-bond acceptors (Lipinski definition) is 1. The van der Waals surface area contributed by atoms with Crippen LogP contribution in [0.15, 0.2) is 73.8 Å². The van der Waals surface area contributed by atoms with Gasteiger partial charge in [-0.2, -0.15) is 0 Å². The summed E-state index contributed by atoms with van der Waals surface area (Å²) >= 11 is 0. The maximum atomic E-state index is 9.27. The van der Waals surface area contributed by atoms with E-state index in [-0.39, 0.29) is 5.75 Å². The molecule has 0 radical (unpaired) electrons. The number of hydrogen-bond donors (Lipinski definition) is 1. The lowest BCUT2D eigenvalue weighted by atomic mass is 10.0. The molecule has 1 heteroatoms. The highest BCUT2D eigenvalue weighted by atomic mass is 16.3. The van der Waals surface area contributed by atoms with Gasteiger partial charge in [-0.05, 0) is 41.3 Å². The summed E-state index contributed by atoms with van der Waals surface area (Å²) in [7, 11) is 0. The van der Waals surface area contributed by atoms with Crippen LogP contribution in [0, 0.1) is 6.92 Å². The van der Waals surface area contributed by atoms with Gasteiger partial charge in [-0.15, -0.1) is 0 Å². The summed E-state index contributed by atoms with van der Waals surface area (Å²) in [6, 6.07) is 15.3. The van der Waals surface area contributed by atoms with Crippen molar-refractivity contribution >= 4 is 11.1 Å². The number of benzene rings is 2. The van der Waals surface area contributed by atoms with Crippen molar-refractivity contribution in [3.8, 4) is 5.75 Å². The van der Waals surface area contributed by atoms with Crippen LogP contribution in [-0.2, 0) is 0 Å². The molecule has 1 N–H and O–H groups in total. The van der Waals surface area contributed by atoms with Crippen LogP contribution in [0.25, 0.3) is 11.1 Å². The van der Waals surface area contributed by atoms with Gasteiger partial charge in [0.2, 0.25) is 0 Å². The molecular formula is C19H18O. The van der Waals surface area contributed by atoms with Gasteiger partial charge < -0.3 is 5.11 Å². The number of rotatable bonds is 4. The second kappa shape index (κ2) is 6.07. The molecule has 0 atom stereocenters. The van der Waals surface area contributed by atoms with E-state index in [0.29, 0.717) is 0 Å². The Balaban J connectivity index is 2.09. The lowest BCUT2D eigenvalue weighted by molar-refractivity contribution is 0.475. The molecule has 0 amide bonds. The minimum Gasteiger partial charge on any atom is -0.508 e. The second-order valence-electron chi connectivity index (χ2n) is 4.80. The highest BCUT2D eigenvalue weighted by Crippen LogP contribution is 2.20. The van der Waals surface area contributed by atoms with Crippen molar-refractivity contribution in [3.63, 3.8) is 0 Å². The van der Waals surface area contributed by atoms with Gasteiger partial charge in [0.05, 0.1) is 0 Å². The monoisotopic (exact) mass is 262 g/mol. The minimum absolute atomic E-state index is 0.259. The third-order valence-electron chi connectivity index (χ3n) is 3.15. The maximum absolute atomic E-state index is 9.27. The molecule has 0 heterocycles. The third kappa shape index (κ3) is 3.48. The molecule has 0 aliphatic rings. The fraction of sp³-hybridized carbons (Fsp3) is 0.0526. The van der Waals surface area contributed by atoms with Crippen molar-refractivity contribution in [1.82, 2.24) is 0 Å². The summed E-state index contributed by atoms with van der Waals surface area (Å²) in [6.45, 7) is 10.2. The van der Waals surface area contributed by atoms with Crippen molar-refractivity contribution in [3.05, 3.63) is 90.5 Å². The fourth-order valence-electron chi connectivity index (χ4n) is 1.84. The predicted molar refractivity (Wildman–Crippen MR) is 86.5 cm³/mol. The zero-order chi connectivity index (χ0) is 14.5. The molecule has 0 aromatic heterocycles. The van der Waals surface area contributed by atoms with E-state index in [1.54, 1.807) is 12.1 Å². The van der Waals surface area contributed by atoms with Gasteiger partial charge in [0.25, 0.3) is 0 Å². The normalized spacial score (nSPS) is 10.7. The average molecular weight is 262 g/mol. The predicted octanol–water partition coefficient (Wildman–Crippen LogP) is 4.98. The summed E-state index contributed by atoms with van der Waals surface area (Å²) in [5, 5.41) is 9.27. The third-order valence-corrected chi connectivity index (χ3v) is 3.15. The Hall–Kier alpha value is -2.54. The van der Waals surface area contributed by atoms with E-state index in [9.17, 15) is 5.11 Å². The largest absolute Gasteiger partial charge is 0.508 e. The number of phenols is 1. The summed E-state index contributed by atoms with van der Waals surface area (Å²) in [4.78, 5) is 0. The molecule has 0 saturated heterocycles. The first kappa shape index (κ1) is 13.9. The number of allylic oxidation sites excluding steroid dienone is 4. The molecule has 20 heavy (non-hydrogen) atoms. The molecule has 2 rings (SSSR count). The van der Waals surface area contributed by atoms with Crippen LogP contribution in [0.4, 0.5) is 0 Å². The van der Waals surface area contributed by atoms with E-state index in [2.05, 4.69) is 44.3 Å². The van der Waals surface area contributed by atoms with Crippen LogP contribution in [0.2, 0.25) is 0 Å². The van der Waals surface area contributed by atoms with Crippen LogP contribution in [0.3, 0.4) is 0 Å². The van der Waals surface area contributed by atoms with Gasteiger partial charge in [0, 0.05) is 0 Å². The van der Waals surface area contributed by atoms with Gasteiger partial charge in [-0.25, -0.2) is 0 Å². The highest BCUT2D eigenvalue weighted by molar-refractivity contribution is 5.79. The van der Waals surface area contributed by atoms with Crippen LogP contribution in [0.1, 0.15) is 16.7 Å². The molecule has 0 aliphatic carbocycles. The van der Waals surface area contributed by atoms with E-state index in [0.717, 1.165) is 22.3 Å². The standard InChI is InChI=1S/C19H18O/c1-14-4-8-17(9-5-14)15(2)6-7-16(3)18-10-12-19(20)13-11-18/h4-13,20H,2-3H2,1H3/b7-6-. The lowest BCUT2D eigenvalue weighted by Gasteiger charge is -2.03. The quantitative estimate of drug-likeness (QED) is 0.770. The summed E-state index contributed by atoms with van der Waals surface area (Å²) in [6.07, 6.45) is 3.90. The smallest absolute Gasteiger partial charge is 0.115 e. The summed E-state index contributed by atoms with van der Waals surface area (Å²) < 4.78 is 0. The molecule has 2 aromatic rings. The van der Waals surface area contributed by atoms with Gasteiger partial charge >= 0.3 is 0 Å². The van der Waals surface area contributed by atoms with Crippen molar-refractivity contribution < 1.29 is 5.11 Å². The molecule has 0 aliphatic heterocycles. The fourth-order valence-corrected chi connectivity index (χ4v) is 1.84. The lowest BCUT2D eigenvalue weighted by Crippen LogP contribution is -1.81. The first-order valence-electron chi connectivity index (χ1n) is 6.48. The topological polar surface area (TPSA) is 20.2 Å². The van der Waals surface area contributed by atoms with Gasteiger partial charge in [-0.1, -0.05) is 67.3 Å². The van der Waals surface area contributed by atoms with E-state index >= 15 is 0 Å². The van der Waals surface area contributed by atoms with Crippen molar-refractivity contribution in [2.75, 3.05) is 0 Å². The molecule has 0 unspecified atom stereocenters. The Morgan fingerprint density at radius 2 is 1.20 bits per heavy atom. The SMILES string of the molecule is C=C(/C=C\C(=C)c1ccc(O)cc1)c1ccc(C)cc1. The average Bonchev–Trinajstić information content (AvgIpc) is 2.46. The zero-order valence-corrected chi connectivity index (χ0v) is 11.6. The van der Waals surface area contributed by atoms with Crippen LogP contribution in [0.5, 0.6) is 5.75 Å². The van der Waals surface area contributed by atoms with Crippen LogP contribution < -0.4 is 0 Å².